The van der Waals surface area contributed by atoms with Gasteiger partial charge >= 0.3 is 0 Å². The molecule has 0 aliphatic carbocycles. The topological polar surface area (TPSA) is 9.23 Å². The summed E-state index contributed by atoms with van der Waals surface area (Å²) in [5, 5.41) is 1.70. The fourth-order valence-electron chi connectivity index (χ4n) is 1.27. The van der Waals surface area contributed by atoms with Gasteiger partial charge in [-0.1, -0.05) is 46.9 Å². The van der Waals surface area contributed by atoms with Crippen LogP contribution in [0.25, 0.3) is 0 Å². The van der Waals surface area contributed by atoms with Crippen molar-refractivity contribution >= 4 is 13.2 Å². The molecular weight excluding hydrogens is 191 g/mol. The van der Waals surface area contributed by atoms with Crippen LogP contribution < -0.4 is 10.0 Å². The van der Waals surface area contributed by atoms with Gasteiger partial charge in [-0.3, -0.25) is 0 Å². The monoisotopic (exact) mass is 210 g/mol. The molecule has 0 saturated carbocycles. The van der Waals surface area contributed by atoms with Gasteiger partial charge in [0.05, 0.1) is 7.11 Å². The third kappa shape index (κ3) is 2.48. The van der Waals surface area contributed by atoms with E-state index >= 15 is 0 Å². The van der Waals surface area contributed by atoms with Crippen LogP contribution in [-0.2, 0) is 0 Å². The summed E-state index contributed by atoms with van der Waals surface area (Å²) in [5.74, 6) is 1.02. The Balaban J connectivity index is 3.06. The average Bonchev–Trinajstić information content (AvgIpc) is 2.15. The van der Waals surface area contributed by atoms with Gasteiger partial charge in [0.25, 0.3) is 0 Å². The van der Waals surface area contributed by atoms with Gasteiger partial charge in [-0.25, -0.2) is 0 Å². The van der Waals surface area contributed by atoms with E-state index < -0.39 is 0 Å². The molecular formula is C12H19OP. The molecule has 1 aromatic rings. The maximum atomic E-state index is 5.38. The molecule has 1 nitrogen and oxygen atoms in total. The summed E-state index contributed by atoms with van der Waals surface area (Å²) in [5.41, 5.74) is 0. The predicted molar refractivity (Wildman–Crippen MR) is 65.2 cm³/mol. The van der Waals surface area contributed by atoms with Crippen molar-refractivity contribution in [3.8, 4) is 5.75 Å². The predicted octanol–water partition coefficient (Wildman–Crippen LogP) is 3.23. The van der Waals surface area contributed by atoms with Gasteiger partial charge in [-0.05, 0) is 17.9 Å². The lowest BCUT2D eigenvalue weighted by Crippen LogP contribution is -2.19. The maximum absolute atomic E-state index is 5.38. The molecule has 0 aromatic heterocycles. The number of hydrogen-bond acceptors (Lipinski definition) is 1. The first kappa shape index (κ1) is 11.5. The normalized spacial score (nSPS) is 13.8. The summed E-state index contributed by atoms with van der Waals surface area (Å²) in [6.07, 6.45) is 0. The Hall–Kier alpha value is -0.550. The number of hydrogen-bond donors (Lipinski definition) is 0. The third-order valence-electron chi connectivity index (χ3n) is 2.45. The fraction of sp³-hybridized carbons (Fsp3) is 0.500. The van der Waals surface area contributed by atoms with Crippen molar-refractivity contribution in [1.82, 2.24) is 0 Å². The molecule has 2 heteroatoms. The number of benzene rings is 1. The summed E-state index contributed by atoms with van der Waals surface area (Å²) >= 11 is 0. The van der Waals surface area contributed by atoms with Crippen LogP contribution in [0.15, 0.2) is 24.3 Å². The molecule has 0 amide bonds. The Labute approximate surface area is 88.2 Å². The zero-order chi connectivity index (χ0) is 10.8. The van der Waals surface area contributed by atoms with Gasteiger partial charge in [-0.15, -0.1) is 0 Å². The minimum atomic E-state index is -0.168. The van der Waals surface area contributed by atoms with Crippen molar-refractivity contribution in [1.29, 1.82) is 0 Å². The second kappa shape index (κ2) is 4.31. The molecule has 1 unspecified atom stereocenters. The molecule has 1 rings (SSSR count). The van der Waals surface area contributed by atoms with Gasteiger partial charge in [-0.2, -0.15) is 0 Å². The maximum Gasteiger partial charge on any atom is 0.126 e. The van der Waals surface area contributed by atoms with Crippen LogP contribution in [0.4, 0.5) is 0 Å². The molecule has 14 heavy (non-hydrogen) atoms. The first-order chi connectivity index (χ1) is 6.46. The number of methoxy groups -OCH3 is 1. The van der Waals surface area contributed by atoms with Crippen LogP contribution in [0.2, 0.25) is 0 Å². The van der Waals surface area contributed by atoms with E-state index in [4.69, 9.17) is 4.74 Å². The fourth-order valence-corrected chi connectivity index (χ4v) is 2.80. The Bertz CT molecular complexity index is 301. The van der Waals surface area contributed by atoms with Gasteiger partial charge < -0.3 is 4.74 Å². The second-order valence-corrected chi connectivity index (χ2v) is 7.34. The van der Waals surface area contributed by atoms with Crippen LogP contribution in [0, 0.1) is 0 Å². The van der Waals surface area contributed by atoms with E-state index in [1.807, 2.05) is 12.1 Å². The SMILES string of the molecule is COc1ccccc1P(C)C(C)(C)C. The highest BCUT2D eigenvalue weighted by Crippen LogP contribution is 2.46. The molecule has 0 saturated heterocycles. The van der Waals surface area contributed by atoms with E-state index in [9.17, 15) is 0 Å². The Kier molecular flexibility index (Phi) is 3.55. The largest absolute Gasteiger partial charge is 0.496 e. The van der Waals surface area contributed by atoms with E-state index in [2.05, 4.69) is 39.6 Å². The number of ether oxygens (including phenoxy) is 1. The Morgan fingerprint density at radius 1 is 1.14 bits per heavy atom. The highest BCUT2D eigenvalue weighted by molar-refractivity contribution is 7.66. The Morgan fingerprint density at radius 2 is 1.71 bits per heavy atom. The highest BCUT2D eigenvalue weighted by atomic mass is 31.1. The summed E-state index contributed by atoms with van der Waals surface area (Å²) in [6.45, 7) is 9.16. The van der Waals surface area contributed by atoms with E-state index in [0.29, 0.717) is 5.16 Å². The van der Waals surface area contributed by atoms with E-state index in [-0.39, 0.29) is 7.92 Å². The lowest BCUT2D eigenvalue weighted by molar-refractivity contribution is 0.418. The van der Waals surface area contributed by atoms with E-state index in [1.165, 1.54) is 5.30 Å². The van der Waals surface area contributed by atoms with Crippen LogP contribution in [0.3, 0.4) is 0 Å². The van der Waals surface area contributed by atoms with Crippen molar-refractivity contribution in [2.24, 2.45) is 0 Å². The molecule has 0 heterocycles. The van der Waals surface area contributed by atoms with Gasteiger partial charge in [0.1, 0.15) is 5.75 Å². The molecule has 1 aromatic carbocycles. The van der Waals surface area contributed by atoms with Gasteiger partial charge in [0.15, 0.2) is 0 Å². The third-order valence-corrected chi connectivity index (χ3v) is 5.56. The van der Waals surface area contributed by atoms with Gasteiger partial charge in [0, 0.05) is 5.30 Å². The smallest absolute Gasteiger partial charge is 0.126 e. The molecule has 0 aliphatic rings. The summed E-state index contributed by atoms with van der Waals surface area (Å²) in [4.78, 5) is 0. The minimum Gasteiger partial charge on any atom is -0.496 e. The lowest BCUT2D eigenvalue weighted by Gasteiger charge is -2.29. The molecule has 0 radical (unpaired) electrons. The average molecular weight is 210 g/mol. The standard InChI is InChI=1S/C12H19OP/c1-12(2,3)14(5)11-9-7-6-8-10(11)13-4/h6-9H,1-5H3. The van der Waals surface area contributed by atoms with E-state index in [1.54, 1.807) is 7.11 Å². The van der Waals surface area contributed by atoms with Gasteiger partial charge in [0.2, 0.25) is 0 Å². The quantitative estimate of drug-likeness (QED) is 0.681. The van der Waals surface area contributed by atoms with Crippen LogP contribution >= 0.6 is 7.92 Å². The molecule has 0 N–H and O–H groups in total. The Morgan fingerprint density at radius 3 is 2.21 bits per heavy atom. The van der Waals surface area contributed by atoms with Crippen molar-refractivity contribution in [3.05, 3.63) is 24.3 Å². The summed E-state index contributed by atoms with van der Waals surface area (Å²) in [7, 11) is 1.57. The molecule has 78 valence electrons. The van der Waals surface area contributed by atoms with Crippen LogP contribution in [0.5, 0.6) is 5.75 Å². The van der Waals surface area contributed by atoms with Crippen molar-refractivity contribution in [2.45, 2.75) is 25.9 Å². The first-order valence-corrected chi connectivity index (χ1v) is 6.62. The molecule has 0 aliphatic heterocycles. The van der Waals surface area contributed by atoms with E-state index in [0.717, 1.165) is 5.75 Å². The lowest BCUT2D eigenvalue weighted by atomic mass is 10.3. The van der Waals surface area contributed by atoms with Crippen molar-refractivity contribution in [2.75, 3.05) is 13.8 Å². The van der Waals surface area contributed by atoms with Crippen molar-refractivity contribution < 1.29 is 4.74 Å². The molecule has 0 bridgehead atoms. The molecule has 0 fully saturated rings. The first-order valence-electron chi connectivity index (χ1n) is 4.83. The zero-order valence-electron chi connectivity index (χ0n) is 9.66. The van der Waals surface area contributed by atoms with Crippen LogP contribution in [0.1, 0.15) is 20.8 Å². The summed E-state index contributed by atoms with van der Waals surface area (Å²) in [6, 6.07) is 8.33. The number of rotatable bonds is 2. The molecule has 0 spiro atoms. The zero-order valence-corrected chi connectivity index (χ0v) is 10.6. The molecule has 1 atom stereocenters. The van der Waals surface area contributed by atoms with Crippen LogP contribution in [-0.4, -0.2) is 18.9 Å². The number of para-hydroxylation sites is 1. The highest BCUT2D eigenvalue weighted by Gasteiger charge is 2.23. The van der Waals surface area contributed by atoms with Crippen molar-refractivity contribution in [3.63, 3.8) is 0 Å². The second-order valence-electron chi connectivity index (χ2n) is 4.40. The minimum absolute atomic E-state index is 0.168. The summed E-state index contributed by atoms with van der Waals surface area (Å²) < 4.78 is 5.38.